The van der Waals surface area contributed by atoms with Gasteiger partial charge in [-0.15, -0.1) is 0 Å². The topological polar surface area (TPSA) is 311 Å². The summed E-state index contributed by atoms with van der Waals surface area (Å²) < 4.78 is 19.0. The lowest BCUT2D eigenvalue weighted by Gasteiger charge is -2.32. The van der Waals surface area contributed by atoms with Crippen molar-refractivity contribution in [3.63, 3.8) is 0 Å². The van der Waals surface area contributed by atoms with Gasteiger partial charge in [-0.2, -0.15) is 25.5 Å². The van der Waals surface area contributed by atoms with E-state index in [1.807, 2.05) is 124 Å². The molecule has 15 rings (SSSR count). The third kappa shape index (κ3) is 16.9. The summed E-state index contributed by atoms with van der Waals surface area (Å²) in [5, 5.41) is 60.7. The number of nitrogens with zero attached hydrogens (tertiary/aromatic N) is 14. The highest BCUT2D eigenvalue weighted by Crippen LogP contribution is 2.27. The maximum Gasteiger partial charge on any atom is 0.270 e. The van der Waals surface area contributed by atoms with E-state index in [9.17, 15) is 29.7 Å². The molecule has 0 radical (unpaired) electrons. The summed E-state index contributed by atoms with van der Waals surface area (Å²) in [6.07, 6.45) is 21.6. The Kier molecular flexibility index (Phi) is 20.8. The highest BCUT2D eigenvalue weighted by molar-refractivity contribution is 5.94. The molecule has 1 saturated heterocycles. The van der Waals surface area contributed by atoms with Crippen LogP contribution in [0.5, 0.6) is 0 Å². The second kappa shape index (κ2) is 31.0. The number of benzene rings is 3. The molecule has 12 aromatic rings. The monoisotopic (exact) mass is 1340 g/mol. The van der Waals surface area contributed by atoms with Crippen LogP contribution in [0.4, 0.5) is 0 Å². The molecule has 9 aromatic heterocycles. The van der Waals surface area contributed by atoms with Gasteiger partial charge in [0.25, 0.3) is 17.7 Å². The van der Waals surface area contributed by atoms with E-state index < -0.39 is 18.3 Å². The number of amides is 3. The van der Waals surface area contributed by atoms with Gasteiger partial charge in [-0.1, -0.05) is 85.6 Å². The van der Waals surface area contributed by atoms with Gasteiger partial charge < -0.3 is 40.4 Å². The largest absolute Gasteiger partial charge is 0.449 e. The standard InChI is InChI=1S/C26H28N6O2.C25H26N6O3.C24H23N5O3/c1-31-14-11-21(30-31)20-9-7-18(8-10-20)15-19-16-23(28-25(17-19)32-13-4-12-27-32)26(34)29-22-5-2-3-6-24(22)33;1-30-11-7-20(29-30)19-5-3-17(4-6-19)13-18-14-22(27-24(15-18)31-10-2-9-26-31)25(33)28-21-8-12-34-16-23(21)32;1-15-26-21(14-32-15)18-5-3-16(4-6-18)11-17-12-20(24(31)28-19-7-8-22(19)30)27-23(13-17)29-10-2-9-25-29/h4,7-14,16-17,22,24,33H,2-3,5-6,15H2,1H3,(H,29,34);2-7,9-11,14-15,21,23,32H,8,12-13,16H2,1H3,(H,28,33);2-6,9-10,12-14,19,22,30H,7-8,11H2,1H3,(H,28,31)/t22-,24-;21-,23-;19-,22-/m000/s1. The minimum Gasteiger partial charge on any atom is -0.449 e. The van der Waals surface area contributed by atoms with E-state index in [1.165, 1.54) is 0 Å². The minimum atomic E-state index is -0.732. The van der Waals surface area contributed by atoms with Crippen LogP contribution in [0.3, 0.4) is 0 Å². The third-order valence-corrected chi connectivity index (χ3v) is 17.8. The van der Waals surface area contributed by atoms with Crippen LogP contribution in [0.15, 0.2) is 200 Å². The molecule has 6 N–H and O–H groups in total. The summed E-state index contributed by atoms with van der Waals surface area (Å²) in [5.74, 6) is 1.46. The molecule has 2 saturated carbocycles. The van der Waals surface area contributed by atoms with Crippen molar-refractivity contribution >= 4 is 17.7 Å². The fourth-order valence-corrected chi connectivity index (χ4v) is 12.2. The molecule has 3 fully saturated rings. The van der Waals surface area contributed by atoms with Gasteiger partial charge in [-0.25, -0.2) is 34.0 Å². The second-order valence-corrected chi connectivity index (χ2v) is 25.3. The molecule has 510 valence electrons. The van der Waals surface area contributed by atoms with E-state index in [0.29, 0.717) is 79.9 Å². The van der Waals surface area contributed by atoms with Crippen LogP contribution < -0.4 is 16.0 Å². The number of ether oxygens (including phenoxy) is 1. The fraction of sp³-hybridized carbons (Fsp3) is 0.280. The van der Waals surface area contributed by atoms with Gasteiger partial charge in [-0.05, 0) is 151 Å². The van der Waals surface area contributed by atoms with E-state index in [-0.39, 0.29) is 48.1 Å². The number of aryl methyl sites for hydroxylation is 3. The number of pyridine rings is 3. The van der Waals surface area contributed by atoms with Crippen molar-refractivity contribution in [1.29, 1.82) is 0 Å². The first-order valence-electron chi connectivity index (χ1n) is 33.4. The summed E-state index contributed by atoms with van der Waals surface area (Å²) in [6.45, 7) is 2.53. The van der Waals surface area contributed by atoms with Crippen LogP contribution in [0.25, 0.3) is 51.2 Å². The van der Waals surface area contributed by atoms with E-state index >= 15 is 0 Å². The van der Waals surface area contributed by atoms with E-state index in [0.717, 1.165) is 92.8 Å². The number of nitrogens with one attached hydrogen (secondary N) is 3. The minimum absolute atomic E-state index is 0.214. The number of aliphatic hydroxyl groups is 3. The molecule has 25 heteroatoms. The fourth-order valence-electron chi connectivity index (χ4n) is 12.2. The van der Waals surface area contributed by atoms with Gasteiger partial charge in [0.1, 0.15) is 29.0 Å². The number of aromatic nitrogens is 14. The van der Waals surface area contributed by atoms with Crippen molar-refractivity contribution in [3.8, 4) is 51.2 Å². The summed E-state index contributed by atoms with van der Waals surface area (Å²) in [6, 6.07) is 44.4. The van der Waals surface area contributed by atoms with Crippen LogP contribution in [-0.4, -0.2) is 152 Å². The predicted molar refractivity (Wildman–Crippen MR) is 371 cm³/mol. The summed E-state index contributed by atoms with van der Waals surface area (Å²) in [7, 11) is 3.80. The Bertz CT molecular complexity index is 4500. The Morgan fingerprint density at radius 3 is 1.19 bits per heavy atom. The molecular weight excluding hydrogens is 1270 g/mol. The van der Waals surface area contributed by atoms with E-state index in [2.05, 4.69) is 97.8 Å². The van der Waals surface area contributed by atoms with Gasteiger partial charge in [0, 0.05) is 93.9 Å². The molecule has 0 bridgehead atoms. The number of hydrogen-bond donors (Lipinski definition) is 6. The SMILES string of the molecule is Cc1nc(-c2ccc(Cc3cc(C(=O)N[C@H]4CC[C@@H]4O)nc(-n4cccn4)c3)cc2)co1.Cn1ccc(-c2ccc(Cc3cc(C(=O)N[C@H]4CCCC[C@@H]4O)nc(-n4cccn4)c3)cc2)n1.Cn1ccc(-c2ccc(Cc3cc(C(=O)N[C@H]4CCOC[C@@H]4O)nc(-n4cccn4)c3)cc2)n1. The predicted octanol–water partition coefficient (Wildman–Crippen LogP) is 8.50. The molecular formula is C75H77N17O8. The average molecular weight is 1340 g/mol. The number of aliphatic hydroxyl groups excluding tert-OH is 3. The lowest BCUT2D eigenvalue weighted by atomic mass is 9.89. The van der Waals surface area contributed by atoms with Crippen molar-refractivity contribution < 1.29 is 38.9 Å². The third-order valence-electron chi connectivity index (χ3n) is 17.8. The van der Waals surface area contributed by atoms with E-state index in [4.69, 9.17) is 9.15 Å². The quantitative estimate of drug-likeness (QED) is 0.0469. The van der Waals surface area contributed by atoms with Crippen molar-refractivity contribution in [2.45, 2.75) is 108 Å². The Hall–Kier alpha value is -11.4. The molecule has 0 unspecified atom stereocenters. The van der Waals surface area contributed by atoms with Crippen LogP contribution in [0, 0.1) is 6.92 Å². The molecule has 25 nitrogen and oxygen atoms in total. The maximum atomic E-state index is 13.1. The maximum absolute atomic E-state index is 13.1. The molecule has 2 aliphatic carbocycles. The second-order valence-electron chi connectivity index (χ2n) is 25.3. The summed E-state index contributed by atoms with van der Waals surface area (Å²) in [5.41, 5.74) is 12.8. The smallest absolute Gasteiger partial charge is 0.270 e. The molecule has 6 atom stereocenters. The van der Waals surface area contributed by atoms with E-state index in [1.54, 1.807) is 79.0 Å². The summed E-state index contributed by atoms with van der Waals surface area (Å²) >= 11 is 0. The van der Waals surface area contributed by atoms with Crippen LogP contribution in [-0.2, 0) is 38.1 Å². The van der Waals surface area contributed by atoms with Gasteiger partial charge in [0.15, 0.2) is 23.3 Å². The van der Waals surface area contributed by atoms with Gasteiger partial charge in [-0.3, -0.25) is 23.7 Å². The Balaban J connectivity index is 0.000000134. The first kappa shape index (κ1) is 67.2. The van der Waals surface area contributed by atoms with Crippen molar-refractivity contribution in [1.82, 2.24) is 84.8 Å². The van der Waals surface area contributed by atoms with Gasteiger partial charge in [0.05, 0.1) is 54.4 Å². The highest BCUT2D eigenvalue weighted by atomic mass is 16.5. The number of carbonyl (C=O) groups is 3. The average Bonchev–Trinajstić information content (AvgIpc) is 0.956. The van der Waals surface area contributed by atoms with Crippen molar-refractivity contribution in [2.24, 2.45) is 14.1 Å². The number of hydrogen-bond acceptors (Lipinski definition) is 17. The molecule has 1 aliphatic heterocycles. The number of rotatable bonds is 18. The molecule has 3 aromatic carbocycles. The lowest BCUT2D eigenvalue weighted by molar-refractivity contribution is -0.0261. The van der Waals surface area contributed by atoms with Crippen molar-refractivity contribution in [3.05, 3.63) is 252 Å². The molecule has 3 amide bonds. The Morgan fingerprint density at radius 1 is 0.450 bits per heavy atom. The molecule has 0 spiro atoms. The Labute approximate surface area is 576 Å². The van der Waals surface area contributed by atoms with Gasteiger partial charge >= 0.3 is 0 Å². The molecule has 3 aliphatic rings. The normalized spacial score (nSPS) is 17.9. The first-order chi connectivity index (χ1) is 48.6. The zero-order chi connectivity index (χ0) is 69.1. The van der Waals surface area contributed by atoms with Crippen LogP contribution in [0.1, 0.15) is 116 Å². The summed E-state index contributed by atoms with van der Waals surface area (Å²) in [4.78, 5) is 56.8. The highest BCUT2D eigenvalue weighted by Gasteiger charge is 2.32. The zero-order valence-corrected chi connectivity index (χ0v) is 55.6. The van der Waals surface area contributed by atoms with Crippen molar-refractivity contribution in [2.75, 3.05) is 13.2 Å². The first-order valence-corrected chi connectivity index (χ1v) is 33.4. The number of oxazole rings is 1. The lowest BCUT2D eigenvalue weighted by Crippen LogP contribution is -2.50. The Morgan fingerprint density at radius 2 is 0.850 bits per heavy atom. The van der Waals surface area contributed by atoms with Crippen LogP contribution >= 0.6 is 0 Å². The molecule has 100 heavy (non-hydrogen) atoms. The van der Waals surface area contributed by atoms with Gasteiger partial charge in [0.2, 0.25) is 0 Å². The zero-order valence-electron chi connectivity index (χ0n) is 55.6. The number of carbonyl (C=O) groups excluding carboxylic acids is 3. The van der Waals surface area contributed by atoms with Crippen LogP contribution in [0.2, 0.25) is 0 Å². The molecule has 10 heterocycles.